The molecule has 1 aromatic heterocycles. The van der Waals surface area contributed by atoms with Crippen LogP contribution in [0.3, 0.4) is 0 Å². The normalized spacial score (nSPS) is 14.3. The number of amides is 2. The Morgan fingerprint density at radius 2 is 1.73 bits per heavy atom. The zero-order chi connectivity index (χ0) is 23.7. The van der Waals surface area contributed by atoms with E-state index in [4.69, 9.17) is 10.8 Å². The smallest absolute Gasteiger partial charge is 0.272 e. The molecular weight excluding hydrogens is 422 g/mol. The second kappa shape index (κ2) is 8.85. The van der Waals surface area contributed by atoms with Crippen LogP contribution >= 0.6 is 0 Å². The van der Waals surface area contributed by atoms with Gasteiger partial charge in [0.1, 0.15) is 5.69 Å². The van der Waals surface area contributed by atoms with Gasteiger partial charge in [0.05, 0.1) is 16.3 Å². The summed E-state index contributed by atoms with van der Waals surface area (Å²) in [6, 6.07) is 13.7. The van der Waals surface area contributed by atoms with Gasteiger partial charge in [0, 0.05) is 36.7 Å². The van der Waals surface area contributed by atoms with Crippen LogP contribution in [0.4, 0.5) is 5.69 Å². The molecule has 0 bridgehead atoms. The van der Waals surface area contributed by atoms with Crippen molar-refractivity contribution in [3.63, 3.8) is 0 Å². The van der Waals surface area contributed by atoms with Gasteiger partial charge in [0.25, 0.3) is 11.6 Å². The Balaban J connectivity index is 1.73. The molecular formula is C24H25N5O4. The van der Waals surface area contributed by atoms with Gasteiger partial charge in [-0.15, -0.1) is 0 Å². The lowest BCUT2D eigenvalue weighted by molar-refractivity contribution is -0.384. The van der Waals surface area contributed by atoms with Crippen LogP contribution in [0.5, 0.6) is 0 Å². The molecule has 2 heterocycles. The largest absolute Gasteiger partial charge is 0.369 e. The molecule has 0 saturated carbocycles. The lowest BCUT2D eigenvalue weighted by atomic mass is 9.96. The number of likely N-dealkylation sites (tertiary alicyclic amines) is 1. The predicted molar refractivity (Wildman–Crippen MR) is 123 cm³/mol. The molecule has 1 fully saturated rings. The summed E-state index contributed by atoms with van der Waals surface area (Å²) in [4.78, 5) is 37.2. The van der Waals surface area contributed by atoms with E-state index in [-0.39, 0.29) is 23.4 Å². The van der Waals surface area contributed by atoms with Gasteiger partial charge in [0.2, 0.25) is 5.91 Å². The monoisotopic (exact) mass is 447 g/mol. The Bertz CT molecular complexity index is 1220. The molecule has 1 aliphatic heterocycles. The molecule has 2 amide bonds. The zero-order valence-electron chi connectivity index (χ0n) is 18.5. The highest BCUT2D eigenvalue weighted by Crippen LogP contribution is 2.27. The number of nitro groups is 1. The van der Waals surface area contributed by atoms with Crippen LogP contribution in [-0.2, 0) is 4.79 Å². The number of carbonyl (C=O) groups is 2. The van der Waals surface area contributed by atoms with Crippen molar-refractivity contribution in [2.24, 2.45) is 11.7 Å². The highest BCUT2D eigenvalue weighted by molar-refractivity contribution is 5.94. The fourth-order valence-corrected chi connectivity index (χ4v) is 4.18. The summed E-state index contributed by atoms with van der Waals surface area (Å²) in [6.45, 7) is 4.84. The van der Waals surface area contributed by atoms with E-state index in [9.17, 15) is 19.7 Å². The summed E-state index contributed by atoms with van der Waals surface area (Å²) in [7, 11) is 0. The minimum absolute atomic E-state index is 0.0128. The Hall–Kier alpha value is -4.01. The van der Waals surface area contributed by atoms with Crippen LogP contribution in [0.15, 0.2) is 48.5 Å². The molecule has 170 valence electrons. The molecule has 0 aliphatic carbocycles. The van der Waals surface area contributed by atoms with Gasteiger partial charge in [-0.25, -0.2) is 4.68 Å². The number of rotatable bonds is 5. The SMILES string of the molecule is Cc1ccc(-n2nc(-c3ccc([N+](=O)[O-])cc3)cc2C(=O)N2CCC(C(N)=O)CC2)c(C)c1. The van der Waals surface area contributed by atoms with Crippen molar-refractivity contribution in [2.45, 2.75) is 26.7 Å². The van der Waals surface area contributed by atoms with Crippen molar-refractivity contribution in [2.75, 3.05) is 13.1 Å². The third-order valence-electron chi connectivity index (χ3n) is 6.07. The Morgan fingerprint density at radius 1 is 1.06 bits per heavy atom. The van der Waals surface area contributed by atoms with Gasteiger partial charge in [-0.1, -0.05) is 17.7 Å². The van der Waals surface area contributed by atoms with E-state index in [0.717, 1.165) is 16.8 Å². The average Bonchev–Trinajstić information content (AvgIpc) is 3.23. The fraction of sp³-hybridized carbons (Fsp3) is 0.292. The second-order valence-electron chi connectivity index (χ2n) is 8.39. The number of hydrogen-bond acceptors (Lipinski definition) is 5. The number of nitro benzene ring substituents is 1. The summed E-state index contributed by atoms with van der Waals surface area (Å²) in [5.41, 5.74) is 9.87. The summed E-state index contributed by atoms with van der Waals surface area (Å²) in [5.74, 6) is -0.726. The minimum Gasteiger partial charge on any atom is -0.369 e. The van der Waals surface area contributed by atoms with Crippen molar-refractivity contribution < 1.29 is 14.5 Å². The highest BCUT2D eigenvalue weighted by atomic mass is 16.6. The lowest BCUT2D eigenvalue weighted by Crippen LogP contribution is -2.42. The first-order chi connectivity index (χ1) is 15.7. The molecule has 1 aliphatic rings. The second-order valence-corrected chi connectivity index (χ2v) is 8.39. The molecule has 9 nitrogen and oxygen atoms in total. The van der Waals surface area contributed by atoms with E-state index >= 15 is 0 Å². The lowest BCUT2D eigenvalue weighted by Gasteiger charge is -2.30. The Morgan fingerprint density at radius 3 is 2.30 bits per heavy atom. The third-order valence-corrected chi connectivity index (χ3v) is 6.07. The summed E-state index contributed by atoms with van der Waals surface area (Å²) >= 11 is 0. The van der Waals surface area contributed by atoms with Crippen molar-refractivity contribution in [3.8, 4) is 16.9 Å². The first-order valence-electron chi connectivity index (χ1n) is 10.8. The van der Waals surface area contributed by atoms with Crippen LogP contribution in [0.1, 0.15) is 34.5 Å². The van der Waals surface area contributed by atoms with Gasteiger partial charge in [0.15, 0.2) is 0 Å². The molecule has 2 N–H and O–H groups in total. The van der Waals surface area contributed by atoms with Crippen molar-refractivity contribution in [1.82, 2.24) is 14.7 Å². The molecule has 3 aromatic rings. The maximum atomic E-state index is 13.5. The molecule has 33 heavy (non-hydrogen) atoms. The zero-order valence-corrected chi connectivity index (χ0v) is 18.5. The topological polar surface area (TPSA) is 124 Å². The molecule has 2 aromatic carbocycles. The number of piperidine rings is 1. The summed E-state index contributed by atoms with van der Waals surface area (Å²) < 4.78 is 1.63. The van der Waals surface area contributed by atoms with E-state index in [1.54, 1.807) is 27.8 Å². The number of aromatic nitrogens is 2. The third kappa shape index (κ3) is 4.48. The summed E-state index contributed by atoms with van der Waals surface area (Å²) in [5, 5.41) is 15.7. The molecule has 9 heteroatoms. The van der Waals surface area contributed by atoms with Crippen LogP contribution in [0.25, 0.3) is 16.9 Å². The number of nitrogens with two attached hydrogens (primary N) is 1. The van der Waals surface area contributed by atoms with Crippen molar-refractivity contribution >= 4 is 17.5 Å². The Kier molecular flexibility index (Phi) is 5.95. The molecule has 0 spiro atoms. The van der Waals surface area contributed by atoms with E-state index in [2.05, 4.69) is 0 Å². The fourth-order valence-electron chi connectivity index (χ4n) is 4.18. The van der Waals surface area contributed by atoms with Crippen molar-refractivity contribution in [1.29, 1.82) is 0 Å². The quantitative estimate of drug-likeness (QED) is 0.474. The van der Waals surface area contributed by atoms with Gasteiger partial charge in [-0.2, -0.15) is 5.10 Å². The minimum atomic E-state index is -0.456. The molecule has 4 rings (SSSR count). The maximum Gasteiger partial charge on any atom is 0.272 e. The van der Waals surface area contributed by atoms with Gasteiger partial charge < -0.3 is 10.6 Å². The van der Waals surface area contributed by atoms with Crippen LogP contribution < -0.4 is 5.73 Å². The molecule has 0 atom stereocenters. The first-order valence-corrected chi connectivity index (χ1v) is 10.8. The van der Waals surface area contributed by atoms with E-state index in [1.807, 2.05) is 32.0 Å². The first kappa shape index (κ1) is 22.2. The average molecular weight is 447 g/mol. The predicted octanol–water partition coefficient (Wildman–Crippen LogP) is 3.40. The molecule has 0 unspecified atom stereocenters. The Labute approximate surface area is 191 Å². The van der Waals surface area contributed by atoms with E-state index < -0.39 is 4.92 Å². The number of primary amides is 1. The standard InChI is InChI=1S/C24H25N5O4/c1-15-3-8-21(16(2)13-15)28-22(24(31)27-11-9-18(10-12-27)23(25)30)14-20(26-28)17-4-6-19(7-5-17)29(32)33/h3-8,13-14,18H,9-12H2,1-2H3,(H2,25,30). The summed E-state index contributed by atoms with van der Waals surface area (Å²) in [6.07, 6.45) is 1.07. The molecule has 1 saturated heterocycles. The van der Waals surface area contributed by atoms with Gasteiger partial charge >= 0.3 is 0 Å². The van der Waals surface area contributed by atoms with Crippen LogP contribution in [-0.4, -0.2) is 44.5 Å². The number of carbonyl (C=O) groups excluding carboxylic acids is 2. The number of hydrogen-bond donors (Lipinski definition) is 1. The van der Waals surface area contributed by atoms with Gasteiger partial charge in [-0.05, 0) is 56.5 Å². The van der Waals surface area contributed by atoms with E-state index in [0.29, 0.717) is 42.9 Å². The maximum absolute atomic E-state index is 13.5. The van der Waals surface area contributed by atoms with Crippen LogP contribution in [0, 0.1) is 29.9 Å². The highest BCUT2D eigenvalue weighted by Gasteiger charge is 2.29. The van der Waals surface area contributed by atoms with Gasteiger partial charge in [-0.3, -0.25) is 19.7 Å². The molecule has 0 radical (unpaired) electrons. The number of aryl methyl sites for hydroxylation is 2. The van der Waals surface area contributed by atoms with Crippen molar-refractivity contribution in [3.05, 3.63) is 75.5 Å². The number of benzene rings is 2. The van der Waals surface area contributed by atoms with Crippen LogP contribution in [0.2, 0.25) is 0 Å². The number of nitrogens with zero attached hydrogens (tertiary/aromatic N) is 4. The number of non-ortho nitro benzene ring substituents is 1. The van der Waals surface area contributed by atoms with E-state index in [1.165, 1.54) is 12.1 Å².